The normalized spacial score (nSPS) is 33.9. The molecule has 0 saturated carbocycles. The van der Waals surface area contributed by atoms with Crippen molar-refractivity contribution in [2.45, 2.75) is 45.3 Å². The SMILES string of the molecule is CC1=CC[C@@H]2C[C@H]1[C@H](c1ccccc1)OC2(C)C. The average Bonchev–Trinajstić information content (AvgIpc) is 2.37. The van der Waals surface area contributed by atoms with Crippen molar-refractivity contribution < 1.29 is 4.74 Å². The molecule has 1 aromatic rings. The number of hydrogen-bond donors (Lipinski definition) is 0. The van der Waals surface area contributed by atoms with Gasteiger partial charge in [-0.15, -0.1) is 0 Å². The second kappa shape index (κ2) is 4.24. The van der Waals surface area contributed by atoms with Gasteiger partial charge in [-0.1, -0.05) is 42.0 Å². The Morgan fingerprint density at radius 2 is 1.89 bits per heavy atom. The Kier molecular flexibility index (Phi) is 2.82. The van der Waals surface area contributed by atoms with E-state index in [2.05, 4.69) is 57.2 Å². The van der Waals surface area contributed by atoms with Crippen LogP contribution in [0, 0.1) is 11.8 Å². The second-order valence-corrected chi connectivity index (χ2v) is 6.28. The molecule has 1 saturated heterocycles. The molecule has 1 aliphatic carbocycles. The first-order valence-corrected chi connectivity index (χ1v) is 6.97. The number of fused-ring (bicyclic) bond motifs is 2. The van der Waals surface area contributed by atoms with E-state index in [-0.39, 0.29) is 11.7 Å². The Bertz CT molecular complexity index is 458. The third-order valence-electron chi connectivity index (χ3n) is 4.76. The van der Waals surface area contributed by atoms with E-state index in [0.29, 0.717) is 11.8 Å². The zero-order valence-corrected chi connectivity index (χ0v) is 11.5. The van der Waals surface area contributed by atoms with E-state index in [0.717, 1.165) is 0 Å². The lowest BCUT2D eigenvalue weighted by molar-refractivity contribution is -0.166. The van der Waals surface area contributed by atoms with Crippen molar-refractivity contribution in [1.82, 2.24) is 0 Å². The summed E-state index contributed by atoms with van der Waals surface area (Å²) in [5.41, 5.74) is 2.83. The Hall–Kier alpha value is -1.08. The number of ether oxygens (including phenoxy) is 1. The molecule has 1 heteroatoms. The molecule has 0 aromatic heterocycles. The van der Waals surface area contributed by atoms with Gasteiger partial charge in [-0.3, -0.25) is 0 Å². The standard InChI is InChI=1S/C17H22O/c1-12-9-10-14-11-15(12)16(18-17(14,2)3)13-7-5-4-6-8-13/h4-9,14-16H,10-11H2,1-3H3/t14-,15-,16+/m1/s1. The zero-order valence-electron chi connectivity index (χ0n) is 11.5. The molecule has 0 unspecified atom stereocenters. The van der Waals surface area contributed by atoms with Crippen LogP contribution in [0.25, 0.3) is 0 Å². The highest BCUT2D eigenvalue weighted by Crippen LogP contribution is 2.50. The Morgan fingerprint density at radius 1 is 1.17 bits per heavy atom. The molecule has 3 atom stereocenters. The van der Waals surface area contributed by atoms with E-state index in [4.69, 9.17) is 4.74 Å². The van der Waals surface area contributed by atoms with Gasteiger partial charge >= 0.3 is 0 Å². The Labute approximate surface area is 110 Å². The Balaban J connectivity index is 1.99. The van der Waals surface area contributed by atoms with E-state index in [1.165, 1.54) is 24.0 Å². The molecular formula is C17H22O. The molecule has 2 bridgehead atoms. The molecule has 0 radical (unpaired) electrons. The van der Waals surface area contributed by atoms with Crippen LogP contribution in [0.5, 0.6) is 0 Å². The van der Waals surface area contributed by atoms with Crippen LogP contribution in [0.3, 0.4) is 0 Å². The molecular weight excluding hydrogens is 220 g/mol. The van der Waals surface area contributed by atoms with Crippen molar-refractivity contribution in [1.29, 1.82) is 0 Å². The van der Waals surface area contributed by atoms with Gasteiger partial charge in [-0.05, 0) is 45.1 Å². The molecule has 96 valence electrons. The van der Waals surface area contributed by atoms with E-state index in [1.807, 2.05) is 0 Å². The summed E-state index contributed by atoms with van der Waals surface area (Å²) in [4.78, 5) is 0. The maximum absolute atomic E-state index is 6.46. The summed E-state index contributed by atoms with van der Waals surface area (Å²) in [6.07, 6.45) is 5.11. The highest BCUT2D eigenvalue weighted by molar-refractivity contribution is 5.25. The molecule has 1 aliphatic heterocycles. The van der Waals surface area contributed by atoms with Gasteiger partial charge in [0.05, 0.1) is 11.7 Å². The maximum Gasteiger partial charge on any atom is 0.0897 e. The highest BCUT2D eigenvalue weighted by Gasteiger charge is 2.45. The van der Waals surface area contributed by atoms with Gasteiger partial charge in [0.15, 0.2) is 0 Å². The average molecular weight is 242 g/mol. The highest BCUT2D eigenvalue weighted by atomic mass is 16.5. The summed E-state index contributed by atoms with van der Waals surface area (Å²) < 4.78 is 6.46. The first-order valence-electron chi connectivity index (χ1n) is 6.97. The molecule has 0 N–H and O–H groups in total. The lowest BCUT2D eigenvalue weighted by Gasteiger charge is -2.49. The monoisotopic (exact) mass is 242 g/mol. The summed E-state index contributed by atoms with van der Waals surface area (Å²) in [5.74, 6) is 1.24. The van der Waals surface area contributed by atoms with Crippen LogP contribution >= 0.6 is 0 Å². The van der Waals surface area contributed by atoms with Crippen LogP contribution in [0.1, 0.15) is 45.3 Å². The van der Waals surface area contributed by atoms with Gasteiger partial charge in [0.1, 0.15) is 0 Å². The van der Waals surface area contributed by atoms with Crippen molar-refractivity contribution in [2.24, 2.45) is 11.8 Å². The fraction of sp³-hybridized carbons (Fsp3) is 0.529. The van der Waals surface area contributed by atoms with Crippen LogP contribution in [-0.2, 0) is 4.74 Å². The lowest BCUT2D eigenvalue weighted by Crippen LogP contribution is -2.45. The lowest BCUT2D eigenvalue weighted by atomic mass is 9.69. The van der Waals surface area contributed by atoms with Crippen LogP contribution in [-0.4, -0.2) is 5.60 Å². The largest absolute Gasteiger partial charge is 0.367 e. The Morgan fingerprint density at radius 3 is 2.61 bits per heavy atom. The van der Waals surface area contributed by atoms with Crippen molar-refractivity contribution in [3.8, 4) is 0 Å². The van der Waals surface area contributed by atoms with Crippen molar-refractivity contribution in [3.63, 3.8) is 0 Å². The summed E-state index contributed by atoms with van der Waals surface area (Å²) in [7, 11) is 0. The fourth-order valence-electron chi connectivity index (χ4n) is 3.45. The molecule has 0 spiro atoms. The van der Waals surface area contributed by atoms with Crippen molar-refractivity contribution in [2.75, 3.05) is 0 Å². The summed E-state index contributed by atoms with van der Waals surface area (Å²) in [6.45, 7) is 6.76. The number of rotatable bonds is 1. The molecule has 2 aliphatic rings. The zero-order chi connectivity index (χ0) is 12.8. The third-order valence-corrected chi connectivity index (χ3v) is 4.76. The molecule has 1 aromatic carbocycles. The smallest absolute Gasteiger partial charge is 0.0897 e. The minimum Gasteiger partial charge on any atom is -0.367 e. The van der Waals surface area contributed by atoms with Crippen LogP contribution in [0.15, 0.2) is 42.0 Å². The van der Waals surface area contributed by atoms with E-state index in [9.17, 15) is 0 Å². The predicted molar refractivity (Wildman–Crippen MR) is 74.3 cm³/mol. The molecule has 3 rings (SSSR count). The summed E-state index contributed by atoms with van der Waals surface area (Å²) in [6, 6.07) is 10.7. The molecule has 0 amide bonds. The van der Waals surface area contributed by atoms with Crippen LogP contribution in [0.4, 0.5) is 0 Å². The molecule has 1 fully saturated rings. The van der Waals surface area contributed by atoms with Gasteiger partial charge in [0.25, 0.3) is 0 Å². The minimum atomic E-state index is -0.00575. The number of hydrogen-bond acceptors (Lipinski definition) is 1. The molecule has 1 nitrogen and oxygen atoms in total. The molecule has 1 heterocycles. The molecule has 18 heavy (non-hydrogen) atoms. The topological polar surface area (TPSA) is 9.23 Å². The first kappa shape index (κ1) is 12.0. The fourth-order valence-corrected chi connectivity index (χ4v) is 3.45. The van der Waals surface area contributed by atoms with E-state index >= 15 is 0 Å². The minimum absolute atomic E-state index is 0.00575. The number of allylic oxidation sites excluding steroid dienone is 1. The van der Waals surface area contributed by atoms with Crippen LogP contribution < -0.4 is 0 Å². The van der Waals surface area contributed by atoms with Gasteiger partial charge < -0.3 is 4.74 Å². The van der Waals surface area contributed by atoms with E-state index in [1.54, 1.807) is 0 Å². The van der Waals surface area contributed by atoms with Crippen molar-refractivity contribution >= 4 is 0 Å². The van der Waals surface area contributed by atoms with Gasteiger partial charge in [-0.25, -0.2) is 0 Å². The first-order chi connectivity index (χ1) is 8.58. The summed E-state index contributed by atoms with van der Waals surface area (Å²) >= 11 is 0. The van der Waals surface area contributed by atoms with Gasteiger partial charge in [0, 0.05) is 5.92 Å². The predicted octanol–water partition coefficient (Wildman–Crippen LogP) is 4.51. The second-order valence-electron chi connectivity index (χ2n) is 6.28. The third kappa shape index (κ3) is 1.91. The van der Waals surface area contributed by atoms with E-state index < -0.39 is 0 Å². The maximum atomic E-state index is 6.46. The number of benzene rings is 1. The van der Waals surface area contributed by atoms with Gasteiger partial charge in [-0.2, -0.15) is 0 Å². The quantitative estimate of drug-likeness (QED) is 0.658. The van der Waals surface area contributed by atoms with Gasteiger partial charge in [0.2, 0.25) is 0 Å². The van der Waals surface area contributed by atoms with Crippen LogP contribution in [0.2, 0.25) is 0 Å². The summed E-state index contributed by atoms with van der Waals surface area (Å²) in [5, 5.41) is 0. The van der Waals surface area contributed by atoms with Crippen molar-refractivity contribution in [3.05, 3.63) is 47.5 Å².